The Labute approximate surface area is 107 Å². The van der Waals surface area contributed by atoms with Crippen molar-refractivity contribution in [3.8, 4) is 10.6 Å². The maximum absolute atomic E-state index is 10.4. The number of hydrogen-bond acceptors (Lipinski definition) is 5. The number of rotatable bonds is 5. The number of carboxylic acid groups (broad SMARTS) is 1. The summed E-state index contributed by atoms with van der Waals surface area (Å²) in [4.78, 5) is 10.4. The van der Waals surface area contributed by atoms with E-state index in [1.165, 1.54) is 23.1 Å². The molecule has 2 rings (SSSR count). The van der Waals surface area contributed by atoms with Gasteiger partial charge in [-0.05, 0) is 0 Å². The van der Waals surface area contributed by atoms with Crippen LogP contribution in [0.1, 0.15) is 6.42 Å². The zero-order chi connectivity index (χ0) is 12.1. The predicted molar refractivity (Wildman–Crippen MR) is 68.3 cm³/mol. The highest BCUT2D eigenvalue weighted by molar-refractivity contribution is 8.01. The van der Waals surface area contributed by atoms with E-state index < -0.39 is 5.97 Å². The molecule has 0 aliphatic rings. The number of benzene rings is 1. The van der Waals surface area contributed by atoms with Crippen LogP contribution in [-0.2, 0) is 4.79 Å². The summed E-state index contributed by atoms with van der Waals surface area (Å²) < 4.78 is 0.810. The Bertz CT molecular complexity index is 499. The van der Waals surface area contributed by atoms with Crippen LogP contribution >= 0.6 is 23.1 Å². The summed E-state index contributed by atoms with van der Waals surface area (Å²) in [5.74, 6) is -0.260. The van der Waals surface area contributed by atoms with Crippen LogP contribution in [0.3, 0.4) is 0 Å². The monoisotopic (exact) mass is 266 g/mol. The van der Waals surface area contributed by atoms with E-state index in [1.807, 2.05) is 30.3 Å². The van der Waals surface area contributed by atoms with Crippen LogP contribution in [0, 0.1) is 0 Å². The van der Waals surface area contributed by atoms with Crippen molar-refractivity contribution in [1.82, 2.24) is 10.2 Å². The number of aliphatic carboxylic acids is 1. The quantitative estimate of drug-likeness (QED) is 0.843. The summed E-state index contributed by atoms with van der Waals surface area (Å²) in [6.45, 7) is 0. The van der Waals surface area contributed by atoms with Crippen molar-refractivity contribution in [2.45, 2.75) is 10.8 Å². The van der Waals surface area contributed by atoms with Crippen LogP contribution < -0.4 is 0 Å². The number of aromatic nitrogens is 2. The van der Waals surface area contributed by atoms with E-state index in [2.05, 4.69) is 10.2 Å². The van der Waals surface area contributed by atoms with Crippen molar-refractivity contribution in [3.05, 3.63) is 30.3 Å². The summed E-state index contributed by atoms with van der Waals surface area (Å²) in [5.41, 5.74) is 1.04. The Morgan fingerprint density at radius 2 is 2.06 bits per heavy atom. The second kappa shape index (κ2) is 5.79. The molecule has 0 bridgehead atoms. The summed E-state index contributed by atoms with van der Waals surface area (Å²) in [6, 6.07) is 9.81. The maximum atomic E-state index is 10.4. The number of carboxylic acids is 1. The molecule has 0 atom stereocenters. The van der Waals surface area contributed by atoms with Gasteiger partial charge in [-0.2, -0.15) is 0 Å². The molecule has 4 nitrogen and oxygen atoms in total. The van der Waals surface area contributed by atoms with Gasteiger partial charge in [0.25, 0.3) is 0 Å². The van der Waals surface area contributed by atoms with Gasteiger partial charge in [0, 0.05) is 11.3 Å². The average Bonchev–Trinajstić information content (AvgIpc) is 2.78. The highest BCUT2D eigenvalue weighted by Crippen LogP contribution is 2.29. The topological polar surface area (TPSA) is 63.1 Å². The Balaban J connectivity index is 1.99. The zero-order valence-electron chi connectivity index (χ0n) is 8.87. The molecule has 17 heavy (non-hydrogen) atoms. The molecule has 0 unspecified atom stereocenters. The standard InChI is InChI=1S/C11H10N2O2S2/c14-9(15)6-7-16-11-13-12-10(17-11)8-4-2-1-3-5-8/h1-5H,6-7H2,(H,14,15). The summed E-state index contributed by atoms with van der Waals surface area (Å²) >= 11 is 2.91. The van der Waals surface area contributed by atoms with Gasteiger partial charge in [0.05, 0.1) is 6.42 Å². The normalized spacial score (nSPS) is 10.4. The smallest absolute Gasteiger partial charge is 0.304 e. The average molecular weight is 266 g/mol. The van der Waals surface area contributed by atoms with Gasteiger partial charge in [0.15, 0.2) is 4.34 Å². The van der Waals surface area contributed by atoms with Crippen LogP contribution in [0.15, 0.2) is 34.7 Å². The minimum atomic E-state index is -0.787. The van der Waals surface area contributed by atoms with Crippen LogP contribution in [-0.4, -0.2) is 27.0 Å². The molecule has 0 saturated carbocycles. The van der Waals surface area contributed by atoms with Gasteiger partial charge in [0.1, 0.15) is 5.01 Å². The summed E-state index contributed by atoms with van der Waals surface area (Å²) in [5, 5.41) is 17.5. The largest absolute Gasteiger partial charge is 0.481 e. The molecule has 1 aromatic heterocycles. The second-order valence-electron chi connectivity index (χ2n) is 3.23. The lowest BCUT2D eigenvalue weighted by Gasteiger charge is -1.92. The fourth-order valence-corrected chi connectivity index (χ4v) is 3.05. The minimum Gasteiger partial charge on any atom is -0.481 e. The first-order valence-corrected chi connectivity index (χ1v) is 6.79. The van der Waals surface area contributed by atoms with E-state index in [0.717, 1.165) is 14.9 Å². The van der Waals surface area contributed by atoms with Crippen molar-refractivity contribution in [2.75, 3.05) is 5.75 Å². The zero-order valence-corrected chi connectivity index (χ0v) is 10.5. The molecule has 0 aliphatic heterocycles. The summed E-state index contributed by atoms with van der Waals surface area (Å²) in [6.07, 6.45) is 0.144. The molecule has 2 aromatic rings. The molecule has 0 fully saturated rings. The molecule has 1 N–H and O–H groups in total. The molecule has 0 amide bonds. The molecule has 6 heteroatoms. The molecule has 0 aliphatic carbocycles. The Kier molecular flexibility index (Phi) is 4.11. The van der Waals surface area contributed by atoms with Gasteiger partial charge in [-0.15, -0.1) is 10.2 Å². The Hall–Kier alpha value is -1.40. The van der Waals surface area contributed by atoms with Gasteiger partial charge in [0.2, 0.25) is 0 Å². The van der Waals surface area contributed by atoms with Crippen molar-refractivity contribution in [1.29, 1.82) is 0 Å². The van der Waals surface area contributed by atoms with Gasteiger partial charge >= 0.3 is 5.97 Å². The maximum Gasteiger partial charge on any atom is 0.304 e. The first kappa shape index (κ1) is 12.1. The number of nitrogens with zero attached hydrogens (tertiary/aromatic N) is 2. The third kappa shape index (κ3) is 3.54. The van der Waals surface area contributed by atoms with Crippen molar-refractivity contribution in [3.63, 3.8) is 0 Å². The lowest BCUT2D eigenvalue weighted by atomic mass is 10.2. The van der Waals surface area contributed by atoms with Crippen LogP contribution in [0.25, 0.3) is 10.6 Å². The van der Waals surface area contributed by atoms with E-state index in [4.69, 9.17) is 5.11 Å². The van der Waals surface area contributed by atoms with Gasteiger partial charge in [-0.1, -0.05) is 53.4 Å². The number of carbonyl (C=O) groups is 1. The summed E-state index contributed by atoms with van der Waals surface area (Å²) in [7, 11) is 0. The fourth-order valence-electron chi connectivity index (χ4n) is 1.19. The lowest BCUT2D eigenvalue weighted by Crippen LogP contribution is -1.95. The van der Waals surface area contributed by atoms with Gasteiger partial charge in [-0.3, -0.25) is 4.79 Å². The van der Waals surface area contributed by atoms with Crippen LogP contribution in [0.4, 0.5) is 0 Å². The van der Waals surface area contributed by atoms with Crippen LogP contribution in [0.2, 0.25) is 0 Å². The minimum absolute atomic E-state index is 0.144. The highest BCUT2D eigenvalue weighted by Gasteiger charge is 2.07. The molecule has 0 spiro atoms. The fraction of sp³-hybridized carbons (Fsp3) is 0.182. The molecule has 0 saturated heterocycles. The van der Waals surface area contributed by atoms with Gasteiger partial charge in [-0.25, -0.2) is 0 Å². The number of hydrogen-bond donors (Lipinski definition) is 1. The molecule has 1 heterocycles. The molecule has 88 valence electrons. The van der Waals surface area contributed by atoms with E-state index in [0.29, 0.717) is 5.75 Å². The molecule has 1 aromatic carbocycles. The Morgan fingerprint density at radius 3 is 2.76 bits per heavy atom. The van der Waals surface area contributed by atoms with Crippen molar-refractivity contribution < 1.29 is 9.90 Å². The third-order valence-electron chi connectivity index (χ3n) is 1.97. The van der Waals surface area contributed by atoms with Crippen molar-refractivity contribution in [2.24, 2.45) is 0 Å². The van der Waals surface area contributed by atoms with Crippen LogP contribution in [0.5, 0.6) is 0 Å². The van der Waals surface area contributed by atoms with E-state index in [-0.39, 0.29) is 6.42 Å². The van der Waals surface area contributed by atoms with E-state index >= 15 is 0 Å². The number of thioether (sulfide) groups is 1. The Morgan fingerprint density at radius 1 is 1.29 bits per heavy atom. The van der Waals surface area contributed by atoms with Gasteiger partial charge < -0.3 is 5.11 Å². The third-order valence-corrected chi connectivity index (χ3v) is 4.08. The first-order valence-electron chi connectivity index (χ1n) is 4.99. The molecule has 0 radical (unpaired) electrons. The first-order chi connectivity index (χ1) is 8.25. The van der Waals surface area contributed by atoms with Crippen molar-refractivity contribution >= 4 is 29.1 Å². The molecular formula is C11H10N2O2S2. The second-order valence-corrected chi connectivity index (χ2v) is 5.55. The highest BCUT2D eigenvalue weighted by atomic mass is 32.2. The molecular weight excluding hydrogens is 256 g/mol. The van der Waals surface area contributed by atoms with E-state index in [1.54, 1.807) is 0 Å². The van der Waals surface area contributed by atoms with E-state index in [9.17, 15) is 4.79 Å². The predicted octanol–water partition coefficient (Wildman–Crippen LogP) is 2.77. The SMILES string of the molecule is O=C(O)CCSc1nnc(-c2ccccc2)s1. The lowest BCUT2D eigenvalue weighted by molar-refractivity contribution is -0.136.